The SMILES string of the molecule is Cc1c(C(C)NCC2(C)CCC2)sc2ccccc12. The van der Waals surface area contributed by atoms with Crippen molar-refractivity contribution in [2.24, 2.45) is 5.41 Å². The third-order valence-electron chi connectivity index (χ3n) is 4.67. The number of thiophene rings is 1. The number of benzene rings is 1. The molecule has 1 nitrogen and oxygen atoms in total. The molecule has 1 aliphatic rings. The molecule has 1 atom stereocenters. The summed E-state index contributed by atoms with van der Waals surface area (Å²) in [6.45, 7) is 8.13. The third kappa shape index (κ3) is 2.44. The lowest BCUT2D eigenvalue weighted by atomic mass is 9.70. The van der Waals surface area contributed by atoms with Crippen LogP contribution >= 0.6 is 11.3 Å². The Hall–Kier alpha value is -0.860. The van der Waals surface area contributed by atoms with Gasteiger partial charge in [-0.1, -0.05) is 31.5 Å². The summed E-state index contributed by atoms with van der Waals surface area (Å²) in [5, 5.41) is 5.18. The zero-order valence-corrected chi connectivity index (χ0v) is 12.9. The molecule has 2 heteroatoms. The molecule has 0 saturated heterocycles. The number of aryl methyl sites for hydroxylation is 1. The van der Waals surface area contributed by atoms with Crippen LogP contribution in [0.2, 0.25) is 0 Å². The fraction of sp³-hybridized carbons (Fsp3) is 0.529. The Labute approximate surface area is 120 Å². The molecule has 19 heavy (non-hydrogen) atoms. The number of fused-ring (bicyclic) bond motifs is 1. The van der Waals surface area contributed by atoms with Gasteiger partial charge in [0.25, 0.3) is 0 Å². The van der Waals surface area contributed by atoms with E-state index in [1.165, 1.54) is 39.8 Å². The zero-order valence-electron chi connectivity index (χ0n) is 12.1. The standard InChI is InChI=1S/C17H23NS/c1-12-14-7-4-5-8-15(14)19-16(12)13(2)18-11-17(3)9-6-10-17/h4-5,7-8,13,18H,6,9-11H2,1-3H3. The van der Waals surface area contributed by atoms with E-state index in [4.69, 9.17) is 0 Å². The monoisotopic (exact) mass is 273 g/mol. The van der Waals surface area contributed by atoms with Gasteiger partial charge in [-0.05, 0) is 49.1 Å². The Morgan fingerprint density at radius 2 is 2.05 bits per heavy atom. The molecule has 1 saturated carbocycles. The van der Waals surface area contributed by atoms with Crippen LogP contribution in [-0.4, -0.2) is 6.54 Å². The van der Waals surface area contributed by atoms with Crippen LogP contribution in [0, 0.1) is 12.3 Å². The van der Waals surface area contributed by atoms with Gasteiger partial charge >= 0.3 is 0 Å². The molecule has 1 aliphatic carbocycles. The fourth-order valence-corrected chi connectivity index (χ4v) is 4.29. The molecular weight excluding hydrogens is 250 g/mol. The summed E-state index contributed by atoms with van der Waals surface area (Å²) in [7, 11) is 0. The minimum Gasteiger partial charge on any atom is -0.309 e. The molecule has 1 aromatic heterocycles. The summed E-state index contributed by atoms with van der Waals surface area (Å²) in [5.74, 6) is 0. The van der Waals surface area contributed by atoms with Crippen molar-refractivity contribution in [1.82, 2.24) is 5.32 Å². The first-order chi connectivity index (χ1) is 9.09. The maximum absolute atomic E-state index is 3.75. The second kappa shape index (κ2) is 4.92. The first-order valence-electron chi connectivity index (χ1n) is 7.30. The van der Waals surface area contributed by atoms with E-state index < -0.39 is 0 Å². The van der Waals surface area contributed by atoms with Gasteiger partial charge in [-0.2, -0.15) is 0 Å². The molecule has 0 amide bonds. The van der Waals surface area contributed by atoms with Crippen LogP contribution in [-0.2, 0) is 0 Å². The molecule has 1 aromatic carbocycles. The molecule has 3 rings (SSSR count). The van der Waals surface area contributed by atoms with Gasteiger partial charge in [-0.25, -0.2) is 0 Å². The first kappa shape index (κ1) is 13.1. The quantitative estimate of drug-likeness (QED) is 0.822. The molecule has 0 radical (unpaired) electrons. The molecule has 102 valence electrons. The van der Waals surface area contributed by atoms with Crippen molar-refractivity contribution in [3.8, 4) is 0 Å². The lowest BCUT2D eigenvalue weighted by Gasteiger charge is -2.39. The number of hydrogen-bond donors (Lipinski definition) is 1. The van der Waals surface area contributed by atoms with Crippen molar-refractivity contribution in [3.05, 3.63) is 34.7 Å². The molecule has 0 aliphatic heterocycles. The maximum Gasteiger partial charge on any atom is 0.0389 e. The highest BCUT2D eigenvalue weighted by atomic mass is 32.1. The van der Waals surface area contributed by atoms with E-state index in [1.54, 1.807) is 0 Å². The molecule has 1 N–H and O–H groups in total. The third-order valence-corrected chi connectivity index (χ3v) is 6.13. The first-order valence-corrected chi connectivity index (χ1v) is 8.12. The average molecular weight is 273 g/mol. The summed E-state index contributed by atoms with van der Waals surface area (Å²) < 4.78 is 1.42. The second-order valence-corrected chi connectivity index (χ2v) is 7.44. The smallest absolute Gasteiger partial charge is 0.0389 e. The second-order valence-electron chi connectivity index (χ2n) is 6.35. The van der Waals surface area contributed by atoms with Crippen LogP contribution in [0.15, 0.2) is 24.3 Å². The van der Waals surface area contributed by atoms with E-state index in [-0.39, 0.29) is 0 Å². The van der Waals surface area contributed by atoms with E-state index in [1.807, 2.05) is 11.3 Å². The summed E-state index contributed by atoms with van der Waals surface area (Å²) in [5.41, 5.74) is 2.01. The molecule has 1 heterocycles. The van der Waals surface area contributed by atoms with Crippen molar-refractivity contribution >= 4 is 21.4 Å². The van der Waals surface area contributed by atoms with Gasteiger partial charge < -0.3 is 5.32 Å². The van der Waals surface area contributed by atoms with Crippen LogP contribution in [0.5, 0.6) is 0 Å². The number of hydrogen-bond acceptors (Lipinski definition) is 2. The van der Waals surface area contributed by atoms with E-state index in [9.17, 15) is 0 Å². The highest BCUT2D eigenvalue weighted by Crippen LogP contribution is 2.40. The molecule has 0 bridgehead atoms. The topological polar surface area (TPSA) is 12.0 Å². The predicted octanol–water partition coefficient (Wildman–Crippen LogP) is 5.05. The van der Waals surface area contributed by atoms with E-state index >= 15 is 0 Å². The van der Waals surface area contributed by atoms with Gasteiger partial charge in [0.15, 0.2) is 0 Å². The molecule has 1 fully saturated rings. The van der Waals surface area contributed by atoms with Gasteiger partial charge in [0.05, 0.1) is 0 Å². The van der Waals surface area contributed by atoms with E-state index in [2.05, 4.69) is 50.4 Å². The Balaban J connectivity index is 1.77. The van der Waals surface area contributed by atoms with Gasteiger partial charge in [0.2, 0.25) is 0 Å². The fourth-order valence-electron chi connectivity index (χ4n) is 3.06. The minimum absolute atomic E-state index is 0.467. The largest absolute Gasteiger partial charge is 0.309 e. The number of rotatable bonds is 4. The molecular formula is C17H23NS. The lowest BCUT2D eigenvalue weighted by Crippen LogP contribution is -2.38. The zero-order chi connectivity index (χ0) is 13.5. The Morgan fingerprint density at radius 1 is 1.32 bits per heavy atom. The van der Waals surface area contributed by atoms with Crippen LogP contribution in [0.3, 0.4) is 0 Å². The van der Waals surface area contributed by atoms with Crippen LogP contribution in [0.4, 0.5) is 0 Å². The van der Waals surface area contributed by atoms with Crippen LogP contribution in [0.25, 0.3) is 10.1 Å². The Morgan fingerprint density at radius 3 is 2.68 bits per heavy atom. The maximum atomic E-state index is 3.75. The summed E-state index contributed by atoms with van der Waals surface area (Å²) in [6.07, 6.45) is 4.19. The van der Waals surface area contributed by atoms with Crippen LogP contribution in [0.1, 0.15) is 49.6 Å². The van der Waals surface area contributed by atoms with Crippen molar-refractivity contribution in [2.75, 3.05) is 6.54 Å². The van der Waals surface area contributed by atoms with Gasteiger partial charge in [0.1, 0.15) is 0 Å². The van der Waals surface area contributed by atoms with Gasteiger partial charge in [-0.15, -0.1) is 11.3 Å². The van der Waals surface area contributed by atoms with Crippen molar-refractivity contribution in [2.45, 2.75) is 46.1 Å². The summed E-state index contributed by atoms with van der Waals surface area (Å²) >= 11 is 1.95. The van der Waals surface area contributed by atoms with Crippen LogP contribution < -0.4 is 5.32 Å². The lowest BCUT2D eigenvalue weighted by molar-refractivity contribution is 0.152. The van der Waals surface area contributed by atoms with Gasteiger partial charge in [-0.3, -0.25) is 0 Å². The average Bonchev–Trinajstić information content (AvgIpc) is 2.72. The predicted molar refractivity (Wildman–Crippen MR) is 84.9 cm³/mol. The van der Waals surface area contributed by atoms with E-state index in [0.29, 0.717) is 11.5 Å². The highest BCUT2D eigenvalue weighted by Gasteiger charge is 2.31. The summed E-state index contributed by atoms with van der Waals surface area (Å²) in [6, 6.07) is 9.21. The molecule has 0 spiro atoms. The minimum atomic E-state index is 0.467. The van der Waals surface area contributed by atoms with Crippen molar-refractivity contribution < 1.29 is 0 Å². The Bertz CT molecular complexity index is 580. The van der Waals surface area contributed by atoms with Crippen molar-refractivity contribution in [3.63, 3.8) is 0 Å². The molecule has 2 aromatic rings. The normalized spacial score (nSPS) is 19.3. The number of nitrogens with one attached hydrogen (secondary N) is 1. The van der Waals surface area contributed by atoms with Crippen molar-refractivity contribution in [1.29, 1.82) is 0 Å². The van der Waals surface area contributed by atoms with E-state index in [0.717, 1.165) is 6.54 Å². The molecule has 1 unspecified atom stereocenters. The van der Waals surface area contributed by atoms with Gasteiger partial charge in [0, 0.05) is 22.2 Å². The highest BCUT2D eigenvalue weighted by molar-refractivity contribution is 7.19. The Kier molecular flexibility index (Phi) is 3.40. The summed E-state index contributed by atoms with van der Waals surface area (Å²) in [4.78, 5) is 1.50.